The fraction of sp³-hybridized carbons (Fsp3) is 0.400. The number of hydrogen-bond donors (Lipinski definition) is 1. The monoisotopic (exact) mass is 535 g/mol. The Bertz CT molecular complexity index is 1290. The van der Waals surface area contributed by atoms with E-state index in [-0.39, 0.29) is 5.91 Å². The summed E-state index contributed by atoms with van der Waals surface area (Å²) in [5, 5.41) is 6.05. The SMILES string of the molecule is CCCCC(CC)CNC(=O)c1cc(-c2csc(COc3ccc(OC)cc3)n2)n(Cc2ccco2)c1C. The third-order valence-electron chi connectivity index (χ3n) is 6.84. The van der Waals surface area contributed by atoms with Crippen LogP contribution < -0.4 is 14.8 Å². The van der Waals surface area contributed by atoms with Gasteiger partial charge in [0, 0.05) is 17.6 Å². The molecule has 1 unspecified atom stereocenters. The van der Waals surface area contributed by atoms with Gasteiger partial charge in [-0.25, -0.2) is 4.98 Å². The molecule has 0 aliphatic rings. The molecule has 7 nitrogen and oxygen atoms in total. The van der Waals surface area contributed by atoms with Crippen LogP contribution in [0.25, 0.3) is 11.4 Å². The first-order valence-corrected chi connectivity index (χ1v) is 14.1. The Hall–Kier alpha value is -3.52. The van der Waals surface area contributed by atoms with Crippen molar-refractivity contribution in [2.24, 2.45) is 5.92 Å². The molecule has 1 N–H and O–H groups in total. The van der Waals surface area contributed by atoms with Gasteiger partial charge in [-0.05, 0) is 61.7 Å². The zero-order valence-electron chi connectivity index (χ0n) is 22.7. The molecule has 3 aromatic heterocycles. The molecule has 1 atom stereocenters. The molecule has 38 heavy (non-hydrogen) atoms. The molecule has 1 amide bonds. The molecule has 202 valence electrons. The Morgan fingerprint density at radius 2 is 1.97 bits per heavy atom. The van der Waals surface area contributed by atoms with Crippen LogP contribution in [0.15, 0.2) is 58.5 Å². The van der Waals surface area contributed by atoms with Crippen molar-refractivity contribution in [1.29, 1.82) is 0 Å². The van der Waals surface area contributed by atoms with E-state index >= 15 is 0 Å². The fourth-order valence-electron chi connectivity index (χ4n) is 4.44. The molecule has 0 saturated heterocycles. The fourth-order valence-corrected chi connectivity index (χ4v) is 5.14. The molecule has 0 radical (unpaired) electrons. The number of amides is 1. The van der Waals surface area contributed by atoms with Crippen LogP contribution >= 0.6 is 11.3 Å². The highest BCUT2D eigenvalue weighted by Gasteiger charge is 2.21. The van der Waals surface area contributed by atoms with Gasteiger partial charge in [0.15, 0.2) is 0 Å². The largest absolute Gasteiger partial charge is 0.497 e. The van der Waals surface area contributed by atoms with E-state index in [0.717, 1.165) is 52.2 Å². The minimum absolute atomic E-state index is 0.0461. The summed E-state index contributed by atoms with van der Waals surface area (Å²) in [6, 6.07) is 13.3. The van der Waals surface area contributed by atoms with Gasteiger partial charge < -0.3 is 23.8 Å². The first-order valence-electron chi connectivity index (χ1n) is 13.2. The predicted molar refractivity (Wildman–Crippen MR) is 151 cm³/mol. The second-order valence-electron chi connectivity index (χ2n) is 9.41. The zero-order chi connectivity index (χ0) is 26.9. The standard InChI is InChI=1S/C30H37N3O4S/c1-5-7-9-22(6-2)17-31-30(34)26-16-28(33(21(26)3)18-25-10-8-15-36-25)27-20-38-29(32-27)19-37-24-13-11-23(35-4)12-14-24/h8,10-16,20,22H,5-7,9,17-19H2,1-4H3,(H,31,34). The van der Waals surface area contributed by atoms with Gasteiger partial charge in [-0.2, -0.15) is 0 Å². The van der Waals surface area contributed by atoms with Crippen LogP contribution in [0, 0.1) is 12.8 Å². The molecule has 8 heteroatoms. The Kier molecular flexibility index (Phi) is 9.65. The summed E-state index contributed by atoms with van der Waals surface area (Å²) >= 11 is 1.54. The van der Waals surface area contributed by atoms with Gasteiger partial charge in [-0.3, -0.25) is 4.79 Å². The van der Waals surface area contributed by atoms with E-state index < -0.39 is 0 Å². The summed E-state index contributed by atoms with van der Waals surface area (Å²) in [6.45, 7) is 7.94. The number of rotatable bonds is 14. The van der Waals surface area contributed by atoms with E-state index in [4.69, 9.17) is 18.9 Å². The Morgan fingerprint density at radius 3 is 2.66 bits per heavy atom. The van der Waals surface area contributed by atoms with E-state index in [2.05, 4.69) is 23.7 Å². The second kappa shape index (κ2) is 13.3. The molecule has 4 rings (SSSR count). The molecule has 0 bridgehead atoms. The van der Waals surface area contributed by atoms with Gasteiger partial charge in [-0.15, -0.1) is 11.3 Å². The third kappa shape index (κ3) is 6.86. The van der Waals surface area contributed by atoms with Crippen LogP contribution in [0.4, 0.5) is 0 Å². The van der Waals surface area contributed by atoms with Gasteiger partial charge in [-0.1, -0.05) is 33.1 Å². The minimum atomic E-state index is -0.0461. The van der Waals surface area contributed by atoms with Crippen molar-refractivity contribution >= 4 is 17.2 Å². The summed E-state index contributed by atoms with van der Waals surface area (Å²) in [7, 11) is 1.64. The van der Waals surface area contributed by atoms with Gasteiger partial charge in [0.25, 0.3) is 5.91 Å². The van der Waals surface area contributed by atoms with E-state index in [9.17, 15) is 4.79 Å². The predicted octanol–water partition coefficient (Wildman–Crippen LogP) is 7.10. The molecular formula is C30H37N3O4S. The lowest BCUT2D eigenvalue weighted by atomic mass is 9.99. The molecule has 0 aliphatic carbocycles. The Labute approximate surface area is 228 Å². The maximum absolute atomic E-state index is 13.3. The lowest BCUT2D eigenvalue weighted by Gasteiger charge is -2.15. The van der Waals surface area contributed by atoms with Crippen molar-refractivity contribution in [2.75, 3.05) is 13.7 Å². The van der Waals surface area contributed by atoms with E-state index in [0.29, 0.717) is 31.2 Å². The smallest absolute Gasteiger partial charge is 0.253 e. The van der Waals surface area contributed by atoms with Crippen molar-refractivity contribution in [3.8, 4) is 22.9 Å². The summed E-state index contributed by atoms with van der Waals surface area (Å²) in [4.78, 5) is 18.1. The quantitative estimate of drug-likeness (QED) is 0.186. The topological polar surface area (TPSA) is 78.5 Å². The van der Waals surface area contributed by atoms with Crippen molar-refractivity contribution in [3.63, 3.8) is 0 Å². The molecule has 0 fully saturated rings. The minimum Gasteiger partial charge on any atom is -0.497 e. The highest BCUT2D eigenvalue weighted by molar-refractivity contribution is 7.09. The number of furan rings is 1. The number of hydrogen-bond acceptors (Lipinski definition) is 6. The number of nitrogens with one attached hydrogen (secondary N) is 1. The van der Waals surface area contributed by atoms with Gasteiger partial charge in [0.05, 0.1) is 36.9 Å². The number of ether oxygens (including phenoxy) is 2. The summed E-state index contributed by atoms with van der Waals surface area (Å²) in [6.07, 6.45) is 6.22. The van der Waals surface area contributed by atoms with Crippen LogP contribution in [-0.2, 0) is 13.2 Å². The molecule has 3 heterocycles. The van der Waals surface area contributed by atoms with Gasteiger partial charge in [0.1, 0.15) is 28.9 Å². The normalized spacial score (nSPS) is 11.9. The molecule has 0 saturated carbocycles. The van der Waals surface area contributed by atoms with E-state index in [1.807, 2.05) is 54.8 Å². The number of methoxy groups -OCH3 is 1. The lowest BCUT2D eigenvalue weighted by molar-refractivity contribution is 0.0945. The number of carbonyl (C=O) groups is 1. The number of nitrogens with zero attached hydrogens (tertiary/aromatic N) is 2. The van der Waals surface area contributed by atoms with E-state index in [1.165, 1.54) is 24.2 Å². The molecule has 1 aromatic carbocycles. The Morgan fingerprint density at radius 1 is 1.18 bits per heavy atom. The lowest BCUT2D eigenvalue weighted by Crippen LogP contribution is -2.29. The molecule has 4 aromatic rings. The van der Waals surface area contributed by atoms with Crippen molar-refractivity contribution in [1.82, 2.24) is 14.9 Å². The highest BCUT2D eigenvalue weighted by atomic mass is 32.1. The van der Waals surface area contributed by atoms with Crippen LogP contribution in [0.2, 0.25) is 0 Å². The second-order valence-corrected chi connectivity index (χ2v) is 10.4. The Balaban J connectivity index is 1.53. The first-order chi connectivity index (χ1) is 18.5. The first kappa shape index (κ1) is 27.5. The maximum atomic E-state index is 13.3. The number of thiazole rings is 1. The summed E-state index contributed by atoms with van der Waals surface area (Å²) < 4.78 is 18.9. The van der Waals surface area contributed by atoms with Crippen molar-refractivity contribution in [3.05, 3.63) is 76.1 Å². The average Bonchev–Trinajstić information content (AvgIpc) is 3.70. The van der Waals surface area contributed by atoms with Crippen LogP contribution in [0.5, 0.6) is 11.5 Å². The summed E-state index contributed by atoms with van der Waals surface area (Å²) in [5.74, 6) is 2.81. The van der Waals surface area contributed by atoms with Crippen molar-refractivity contribution < 1.29 is 18.7 Å². The molecule has 0 aliphatic heterocycles. The number of aromatic nitrogens is 2. The highest BCUT2D eigenvalue weighted by Crippen LogP contribution is 2.29. The number of carbonyl (C=O) groups excluding carboxylic acids is 1. The third-order valence-corrected chi connectivity index (χ3v) is 7.66. The zero-order valence-corrected chi connectivity index (χ0v) is 23.5. The summed E-state index contributed by atoms with van der Waals surface area (Å²) in [5.41, 5.74) is 3.25. The maximum Gasteiger partial charge on any atom is 0.253 e. The van der Waals surface area contributed by atoms with Gasteiger partial charge in [0.2, 0.25) is 0 Å². The van der Waals surface area contributed by atoms with Crippen molar-refractivity contribution in [2.45, 2.75) is 59.6 Å². The van der Waals surface area contributed by atoms with Crippen LogP contribution in [0.1, 0.15) is 66.4 Å². The van der Waals surface area contributed by atoms with Crippen LogP contribution in [0.3, 0.4) is 0 Å². The molecule has 0 spiro atoms. The van der Waals surface area contributed by atoms with Crippen LogP contribution in [-0.4, -0.2) is 29.1 Å². The number of benzene rings is 1. The van der Waals surface area contributed by atoms with Gasteiger partial charge >= 0.3 is 0 Å². The molecular weight excluding hydrogens is 498 g/mol. The number of unbranched alkanes of at least 4 members (excludes halogenated alkanes) is 1. The average molecular weight is 536 g/mol. The van der Waals surface area contributed by atoms with E-state index in [1.54, 1.807) is 13.4 Å².